The number of carbonyl (C=O) groups is 3. The van der Waals surface area contributed by atoms with Gasteiger partial charge in [0.05, 0.1) is 16.7 Å². The third kappa shape index (κ3) is 6.39. The molecule has 0 aromatic heterocycles. The molecule has 0 bridgehead atoms. The molecule has 5 rings (SSSR count). The number of anilines is 1. The van der Waals surface area contributed by atoms with Crippen LogP contribution in [0.25, 0.3) is 0 Å². The molecule has 12 heteroatoms. The van der Waals surface area contributed by atoms with E-state index < -0.39 is 16.8 Å². The molecule has 4 aromatic carbocycles. The maximum Gasteiger partial charge on any atom is 0.343 e. The van der Waals surface area contributed by atoms with Gasteiger partial charge in [0, 0.05) is 34.5 Å². The largest absolute Gasteiger partial charge is 0.454 e. The summed E-state index contributed by atoms with van der Waals surface area (Å²) in [6, 6.07) is 21.4. The van der Waals surface area contributed by atoms with Crippen LogP contribution in [0.5, 0.6) is 17.2 Å². The Labute approximate surface area is 238 Å². The predicted octanol–water partition coefficient (Wildman–Crippen LogP) is 4.87. The lowest BCUT2D eigenvalue weighted by Gasteiger charge is -2.08. The number of nitrogens with zero attached hydrogens (tertiary/aromatic N) is 2. The highest BCUT2D eigenvalue weighted by atomic mass is 16.7. The number of esters is 1. The molecule has 0 spiro atoms. The molecule has 42 heavy (non-hydrogen) atoms. The molecule has 0 unspecified atom stereocenters. The molecule has 0 atom stereocenters. The first-order valence-corrected chi connectivity index (χ1v) is 12.5. The van der Waals surface area contributed by atoms with E-state index in [0.717, 1.165) is 17.8 Å². The molecular weight excluding hydrogens is 544 g/mol. The number of non-ortho nitro benzene ring substituents is 1. The van der Waals surface area contributed by atoms with Gasteiger partial charge in [-0.05, 0) is 67.6 Å². The fourth-order valence-electron chi connectivity index (χ4n) is 3.86. The van der Waals surface area contributed by atoms with Gasteiger partial charge in [-0.2, -0.15) is 5.10 Å². The van der Waals surface area contributed by atoms with Gasteiger partial charge < -0.3 is 19.5 Å². The van der Waals surface area contributed by atoms with Gasteiger partial charge in [0.2, 0.25) is 6.79 Å². The lowest BCUT2D eigenvalue weighted by Crippen LogP contribution is -2.18. The number of hydrogen-bond acceptors (Lipinski definition) is 9. The monoisotopic (exact) mass is 566 g/mol. The Morgan fingerprint density at radius 1 is 0.857 bits per heavy atom. The van der Waals surface area contributed by atoms with Gasteiger partial charge in [-0.3, -0.25) is 19.7 Å². The zero-order valence-electron chi connectivity index (χ0n) is 22.0. The minimum atomic E-state index is -0.740. The molecule has 0 saturated carbocycles. The molecule has 0 saturated heterocycles. The van der Waals surface area contributed by atoms with Crippen molar-refractivity contribution in [1.82, 2.24) is 5.43 Å². The van der Waals surface area contributed by atoms with Crippen molar-refractivity contribution in [2.75, 3.05) is 12.1 Å². The summed E-state index contributed by atoms with van der Waals surface area (Å²) in [7, 11) is 0. The Bertz CT molecular complexity index is 1720. The normalized spacial score (nSPS) is 11.6. The zero-order valence-corrected chi connectivity index (χ0v) is 22.0. The van der Waals surface area contributed by atoms with Crippen molar-refractivity contribution in [3.8, 4) is 17.2 Å². The molecule has 1 heterocycles. The van der Waals surface area contributed by atoms with Gasteiger partial charge in [-0.25, -0.2) is 10.2 Å². The molecular formula is C30H22N4O8. The second kappa shape index (κ2) is 12.0. The number of nitro benzene ring substituents is 1. The molecule has 1 aliphatic rings. The molecule has 0 aliphatic carbocycles. The average molecular weight is 567 g/mol. The van der Waals surface area contributed by atoms with Gasteiger partial charge >= 0.3 is 5.97 Å². The van der Waals surface area contributed by atoms with Crippen molar-refractivity contribution in [2.45, 2.75) is 6.92 Å². The summed E-state index contributed by atoms with van der Waals surface area (Å²) in [5, 5.41) is 17.9. The Kier molecular flexibility index (Phi) is 7.87. The molecule has 2 N–H and O–H groups in total. The number of benzene rings is 4. The number of rotatable bonds is 8. The minimum Gasteiger partial charge on any atom is -0.454 e. The zero-order chi connectivity index (χ0) is 29.6. The van der Waals surface area contributed by atoms with Gasteiger partial charge in [-0.1, -0.05) is 17.7 Å². The number of nitrogens with one attached hydrogen (secondary N) is 2. The molecule has 0 radical (unpaired) electrons. The van der Waals surface area contributed by atoms with Crippen LogP contribution in [0.2, 0.25) is 0 Å². The standard InChI is InChI=1S/C30H22N4O8/c1-18-2-4-19(5-3-18)28(35)32-23-9-6-20(7-10-23)29(36)33-31-16-22-14-24(34(38)39)11-13-25(22)42-30(37)21-8-12-26-27(15-21)41-17-40-26/h2-16H,17H2,1H3,(H,32,35)(H,33,36)/b31-16+. The second-order valence-electron chi connectivity index (χ2n) is 9.03. The first kappa shape index (κ1) is 27.5. The SMILES string of the molecule is Cc1ccc(C(=O)Nc2ccc(C(=O)N/N=C/c3cc([N+](=O)[O-])ccc3OC(=O)c3ccc4c(c3)OCO4)cc2)cc1. The van der Waals surface area contributed by atoms with Crippen molar-refractivity contribution >= 4 is 35.4 Å². The van der Waals surface area contributed by atoms with Crippen LogP contribution < -0.4 is 25.0 Å². The van der Waals surface area contributed by atoms with Crippen molar-refractivity contribution < 1.29 is 33.5 Å². The van der Waals surface area contributed by atoms with Crippen LogP contribution in [0.3, 0.4) is 0 Å². The van der Waals surface area contributed by atoms with Crippen LogP contribution in [0.4, 0.5) is 11.4 Å². The first-order chi connectivity index (χ1) is 20.3. The Hall–Kier alpha value is -6.04. The summed E-state index contributed by atoms with van der Waals surface area (Å²) in [6.45, 7) is 1.97. The van der Waals surface area contributed by atoms with Crippen LogP contribution in [0.1, 0.15) is 42.2 Å². The summed E-state index contributed by atoms with van der Waals surface area (Å²) >= 11 is 0. The quantitative estimate of drug-likeness (QED) is 0.101. The highest BCUT2D eigenvalue weighted by Crippen LogP contribution is 2.33. The summed E-state index contributed by atoms with van der Waals surface area (Å²) in [6.07, 6.45) is 1.13. The maximum atomic E-state index is 12.7. The molecule has 0 fully saturated rings. The summed E-state index contributed by atoms with van der Waals surface area (Å²) in [4.78, 5) is 48.5. The molecule has 12 nitrogen and oxygen atoms in total. The topological polar surface area (TPSA) is 158 Å². The highest BCUT2D eigenvalue weighted by molar-refractivity contribution is 6.04. The first-order valence-electron chi connectivity index (χ1n) is 12.5. The third-order valence-corrected chi connectivity index (χ3v) is 6.10. The highest BCUT2D eigenvalue weighted by Gasteiger charge is 2.19. The maximum absolute atomic E-state index is 12.7. The number of ether oxygens (including phenoxy) is 3. The van der Waals surface area contributed by atoms with E-state index in [0.29, 0.717) is 22.7 Å². The average Bonchev–Trinajstić information content (AvgIpc) is 3.46. The lowest BCUT2D eigenvalue weighted by atomic mass is 10.1. The number of amides is 2. The number of fused-ring (bicyclic) bond motifs is 1. The second-order valence-corrected chi connectivity index (χ2v) is 9.03. The van der Waals surface area contributed by atoms with E-state index in [-0.39, 0.29) is 40.8 Å². The van der Waals surface area contributed by atoms with Crippen LogP contribution in [0.15, 0.2) is 90.0 Å². The van der Waals surface area contributed by atoms with Gasteiger partial charge in [0.25, 0.3) is 17.5 Å². The summed E-state index contributed by atoms with van der Waals surface area (Å²) in [5.41, 5.74) is 4.58. The number of nitro groups is 1. The fourth-order valence-corrected chi connectivity index (χ4v) is 3.86. The van der Waals surface area contributed by atoms with Crippen molar-refractivity contribution in [2.24, 2.45) is 5.10 Å². The smallest absolute Gasteiger partial charge is 0.343 e. The van der Waals surface area contributed by atoms with Gasteiger partial charge in [0.1, 0.15) is 5.75 Å². The predicted molar refractivity (Wildman–Crippen MR) is 151 cm³/mol. The van der Waals surface area contributed by atoms with Crippen LogP contribution >= 0.6 is 0 Å². The molecule has 1 aliphatic heterocycles. The van der Waals surface area contributed by atoms with Crippen molar-refractivity contribution in [3.05, 3.63) is 123 Å². The van der Waals surface area contributed by atoms with E-state index in [1.807, 2.05) is 19.1 Å². The lowest BCUT2D eigenvalue weighted by molar-refractivity contribution is -0.384. The Morgan fingerprint density at radius 3 is 2.26 bits per heavy atom. The number of hydrogen-bond donors (Lipinski definition) is 2. The molecule has 2 amide bonds. The van der Waals surface area contributed by atoms with E-state index in [2.05, 4.69) is 15.8 Å². The summed E-state index contributed by atoms with van der Waals surface area (Å²) < 4.78 is 16.0. The number of carbonyl (C=O) groups excluding carboxylic acids is 3. The molecule has 4 aromatic rings. The summed E-state index contributed by atoms with van der Waals surface area (Å²) in [5.74, 6) is -0.743. The number of hydrazone groups is 1. The van der Waals surface area contributed by atoms with E-state index in [4.69, 9.17) is 14.2 Å². The van der Waals surface area contributed by atoms with Crippen LogP contribution in [-0.4, -0.2) is 35.7 Å². The van der Waals surface area contributed by atoms with E-state index in [1.165, 1.54) is 36.4 Å². The Morgan fingerprint density at radius 2 is 1.52 bits per heavy atom. The van der Waals surface area contributed by atoms with Gasteiger partial charge in [0.15, 0.2) is 11.5 Å². The third-order valence-electron chi connectivity index (χ3n) is 6.10. The van der Waals surface area contributed by atoms with Gasteiger partial charge in [-0.15, -0.1) is 0 Å². The molecule has 210 valence electrons. The van der Waals surface area contributed by atoms with E-state index >= 15 is 0 Å². The van der Waals surface area contributed by atoms with Crippen molar-refractivity contribution in [3.63, 3.8) is 0 Å². The Balaban J connectivity index is 1.25. The van der Waals surface area contributed by atoms with E-state index in [1.54, 1.807) is 30.3 Å². The van der Waals surface area contributed by atoms with E-state index in [9.17, 15) is 24.5 Å². The van der Waals surface area contributed by atoms with Crippen LogP contribution in [-0.2, 0) is 0 Å². The number of aryl methyl sites for hydroxylation is 1. The van der Waals surface area contributed by atoms with Crippen LogP contribution in [0, 0.1) is 17.0 Å². The minimum absolute atomic E-state index is 0.0186. The van der Waals surface area contributed by atoms with Crippen molar-refractivity contribution in [1.29, 1.82) is 0 Å². The fraction of sp³-hybridized carbons (Fsp3) is 0.0667.